The highest BCUT2D eigenvalue weighted by Crippen LogP contribution is 2.43. The molecule has 5 nitrogen and oxygen atoms in total. The number of carbonyl (C=O) groups is 2. The van der Waals surface area contributed by atoms with Crippen molar-refractivity contribution in [2.24, 2.45) is 5.41 Å². The van der Waals surface area contributed by atoms with Gasteiger partial charge in [0, 0.05) is 19.5 Å². The van der Waals surface area contributed by atoms with Crippen LogP contribution in [-0.2, 0) is 9.63 Å². The maximum atomic E-state index is 11.8. The van der Waals surface area contributed by atoms with Gasteiger partial charge in [0.2, 0.25) is 0 Å². The zero-order valence-electron chi connectivity index (χ0n) is 10.4. The van der Waals surface area contributed by atoms with Gasteiger partial charge in [-0.25, -0.2) is 4.79 Å². The Balaban J connectivity index is 1.58. The lowest BCUT2D eigenvalue weighted by Gasteiger charge is -2.44. The topological polar surface area (TPSA) is 66.8 Å². The Bertz CT molecular complexity index is 507. The van der Waals surface area contributed by atoms with Crippen LogP contribution in [0.3, 0.4) is 0 Å². The first-order chi connectivity index (χ1) is 9.09. The van der Waals surface area contributed by atoms with E-state index in [1.54, 1.807) is 24.3 Å². The molecule has 1 saturated heterocycles. The molecule has 1 saturated carbocycles. The lowest BCUT2D eigenvalue weighted by atomic mass is 9.79. The van der Waals surface area contributed by atoms with E-state index in [1.165, 1.54) is 5.06 Å². The number of hydroxylamine groups is 2. The third-order valence-electron chi connectivity index (χ3n) is 3.82. The monoisotopic (exact) mass is 261 g/mol. The van der Waals surface area contributed by atoms with Gasteiger partial charge < -0.3 is 9.94 Å². The van der Waals surface area contributed by atoms with Gasteiger partial charge in [-0.05, 0) is 18.6 Å². The molecule has 1 spiro atoms. The number of carbonyl (C=O) groups excluding carboxylic acids is 2. The van der Waals surface area contributed by atoms with Crippen LogP contribution in [0.5, 0.6) is 0 Å². The quantitative estimate of drug-likeness (QED) is 0.852. The van der Waals surface area contributed by atoms with Crippen molar-refractivity contribution < 1.29 is 19.5 Å². The highest BCUT2D eigenvalue weighted by Gasteiger charge is 2.55. The summed E-state index contributed by atoms with van der Waals surface area (Å²) in [5.41, 5.74) is -0.00244. The van der Waals surface area contributed by atoms with Crippen LogP contribution in [-0.4, -0.2) is 41.1 Å². The van der Waals surface area contributed by atoms with Crippen molar-refractivity contribution in [2.75, 3.05) is 13.1 Å². The minimum absolute atomic E-state index is 0.0759. The summed E-state index contributed by atoms with van der Waals surface area (Å²) in [6, 6.07) is 8.73. The molecule has 19 heavy (non-hydrogen) atoms. The average molecular weight is 261 g/mol. The molecule has 1 heterocycles. The second-order valence-corrected chi connectivity index (χ2v) is 5.31. The summed E-state index contributed by atoms with van der Waals surface area (Å²) in [6.45, 7) is 0.781. The van der Waals surface area contributed by atoms with Crippen LogP contribution in [0.25, 0.3) is 0 Å². The largest absolute Gasteiger partial charge is 0.393 e. The van der Waals surface area contributed by atoms with E-state index in [1.807, 2.05) is 6.07 Å². The van der Waals surface area contributed by atoms with E-state index in [0.717, 1.165) is 0 Å². The molecule has 3 rings (SSSR count). The van der Waals surface area contributed by atoms with Gasteiger partial charge in [-0.15, -0.1) is 5.06 Å². The average Bonchev–Trinajstić information content (AvgIpc) is 2.65. The Hall–Kier alpha value is -1.72. The Morgan fingerprint density at radius 1 is 1.32 bits per heavy atom. The molecule has 1 N–H and O–H groups in total. The molecule has 0 aromatic heterocycles. The summed E-state index contributed by atoms with van der Waals surface area (Å²) in [4.78, 5) is 28.8. The van der Waals surface area contributed by atoms with E-state index >= 15 is 0 Å². The lowest BCUT2D eigenvalue weighted by molar-refractivity contribution is -0.207. The van der Waals surface area contributed by atoms with Gasteiger partial charge in [-0.1, -0.05) is 18.2 Å². The van der Waals surface area contributed by atoms with Crippen molar-refractivity contribution in [3.8, 4) is 0 Å². The van der Waals surface area contributed by atoms with Gasteiger partial charge in [0.15, 0.2) is 0 Å². The van der Waals surface area contributed by atoms with Crippen molar-refractivity contribution >= 4 is 11.8 Å². The summed E-state index contributed by atoms with van der Waals surface area (Å²) in [7, 11) is 0. The summed E-state index contributed by atoms with van der Waals surface area (Å²) in [6.07, 6.45) is 0.158. The summed E-state index contributed by atoms with van der Waals surface area (Å²) in [5.74, 6) is -0.339. The first kappa shape index (κ1) is 12.3. The molecule has 1 aromatic rings. The molecule has 1 aromatic carbocycles. The molecule has 0 amide bonds. The van der Waals surface area contributed by atoms with Crippen LogP contribution < -0.4 is 0 Å². The molecular formula is C14H15NO4. The standard InChI is InChI=1S/C14H15NO4/c16-11-6-12(17)14(7-11)8-15(9-14)19-13(18)10-4-2-1-3-5-10/h1-5,11,16H,6-9H2/t11-/m0/s1. The lowest BCUT2D eigenvalue weighted by Crippen LogP contribution is -2.58. The number of benzene rings is 1. The highest BCUT2D eigenvalue weighted by atomic mass is 16.7. The van der Waals surface area contributed by atoms with E-state index in [9.17, 15) is 14.7 Å². The summed E-state index contributed by atoms with van der Waals surface area (Å²) < 4.78 is 0. The maximum Gasteiger partial charge on any atom is 0.357 e. The number of rotatable bonds is 2. The first-order valence-electron chi connectivity index (χ1n) is 6.33. The smallest absolute Gasteiger partial charge is 0.357 e. The fourth-order valence-electron chi connectivity index (χ4n) is 2.81. The third kappa shape index (κ3) is 2.15. The molecule has 1 aliphatic heterocycles. The van der Waals surface area contributed by atoms with Gasteiger partial charge in [-0.2, -0.15) is 0 Å². The fourth-order valence-corrected chi connectivity index (χ4v) is 2.81. The maximum absolute atomic E-state index is 11.8. The second kappa shape index (κ2) is 4.43. The van der Waals surface area contributed by atoms with E-state index in [2.05, 4.69) is 0 Å². The summed E-state index contributed by atoms with van der Waals surface area (Å²) in [5, 5.41) is 11.0. The Kier molecular flexibility index (Phi) is 2.88. The van der Waals surface area contributed by atoms with Crippen molar-refractivity contribution in [3.05, 3.63) is 35.9 Å². The molecule has 1 atom stereocenters. The predicted molar refractivity (Wildman–Crippen MR) is 66.1 cm³/mol. The van der Waals surface area contributed by atoms with Crippen LogP contribution in [0.4, 0.5) is 0 Å². The SMILES string of the molecule is O=C(ON1CC2(C[C@@H](O)CC2=O)C1)c1ccccc1. The minimum atomic E-state index is -0.542. The zero-order chi connectivity index (χ0) is 13.5. The summed E-state index contributed by atoms with van der Waals surface area (Å²) >= 11 is 0. The van der Waals surface area contributed by atoms with Crippen molar-refractivity contribution in [1.82, 2.24) is 5.06 Å². The first-order valence-corrected chi connectivity index (χ1v) is 6.33. The van der Waals surface area contributed by atoms with Crippen LogP contribution in [0, 0.1) is 5.41 Å². The van der Waals surface area contributed by atoms with Crippen LogP contribution >= 0.6 is 0 Å². The molecule has 0 radical (unpaired) electrons. The van der Waals surface area contributed by atoms with E-state index < -0.39 is 17.5 Å². The van der Waals surface area contributed by atoms with Crippen LogP contribution in [0.15, 0.2) is 30.3 Å². The van der Waals surface area contributed by atoms with Crippen molar-refractivity contribution in [1.29, 1.82) is 0 Å². The van der Waals surface area contributed by atoms with E-state index in [-0.39, 0.29) is 12.2 Å². The highest BCUT2D eigenvalue weighted by molar-refractivity contribution is 5.90. The molecular weight excluding hydrogens is 246 g/mol. The fraction of sp³-hybridized carbons (Fsp3) is 0.429. The number of ketones is 1. The number of nitrogens with zero attached hydrogens (tertiary/aromatic N) is 1. The number of aliphatic hydroxyl groups is 1. The zero-order valence-corrected chi connectivity index (χ0v) is 10.4. The normalized spacial score (nSPS) is 25.3. The van der Waals surface area contributed by atoms with Crippen LogP contribution in [0.1, 0.15) is 23.2 Å². The predicted octanol–water partition coefficient (Wildman–Crippen LogP) is 0.784. The second-order valence-electron chi connectivity index (χ2n) is 5.31. The number of Topliss-reactive ketones (excluding diaryl/α,β-unsaturated/α-hetero) is 1. The molecule has 5 heteroatoms. The van der Waals surface area contributed by atoms with Crippen molar-refractivity contribution in [2.45, 2.75) is 18.9 Å². The van der Waals surface area contributed by atoms with Gasteiger partial charge in [0.25, 0.3) is 0 Å². The molecule has 0 bridgehead atoms. The van der Waals surface area contributed by atoms with E-state index in [4.69, 9.17) is 4.84 Å². The van der Waals surface area contributed by atoms with Crippen LogP contribution in [0.2, 0.25) is 0 Å². The number of hydrogen-bond donors (Lipinski definition) is 1. The third-order valence-corrected chi connectivity index (χ3v) is 3.82. The molecule has 0 unspecified atom stereocenters. The number of hydrogen-bond acceptors (Lipinski definition) is 5. The van der Waals surface area contributed by atoms with Gasteiger partial charge >= 0.3 is 5.97 Å². The van der Waals surface area contributed by atoms with Gasteiger partial charge in [-0.3, -0.25) is 4.79 Å². The Labute approximate surface area is 110 Å². The van der Waals surface area contributed by atoms with Gasteiger partial charge in [0.05, 0.1) is 17.1 Å². The van der Waals surface area contributed by atoms with Crippen molar-refractivity contribution in [3.63, 3.8) is 0 Å². The Morgan fingerprint density at radius 2 is 2.00 bits per heavy atom. The molecule has 100 valence electrons. The molecule has 2 fully saturated rings. The van der Waals surface area contributed by atoms with E-state index in [0.29, 0.717) is 25.1 Å². The Morgan fingerprint density at radius 3 is 2.58 bits per heavy atom. The molecule has 1 aliphatic carbocycles. The van der Waals surface area contributed by atoms with Gasteiger partial charge in [0.1, 0.15) is 5.78 Å². The number of aliphatic hydroxyl groups excluding tert-OH is 1. The molecule has 2 aliphatic rings. The minimum Gasteiger partial charge on any atom is -0.393 e.